The predicted molar refractivity (Wildman–Crippen MR) is 92.8 cm³/mol. The number of hydrogen-bond donors (Lipinski definition) is 0. The van der Waals surface area contributed by atoms with E-state index < -0.39 is 0 Å². The average molecular weight is 340 g/mol. The van der Waals surface area contributed by atoms with Crippen LogP contribution in [0.5, 0.6) is 11.5 Å². The highest BCUT2D eigenvalue weighted by Crippen LogP contribution is 2.40. The number of benzene rings is 1. The third-order valence-electron chi connectivity index (χ3n) is 4.12. The summed E-state index contributed by atoms with van der Waals surface area (Å²) in [6.45, 7) is 3.76. The van der Waals surface area contributed by atoms with Gasteiger partial charge in [-0.15, -0.1) is 0 Å². The number of furan rings is 2. The molecule has 0 fully saturated rings. The zero-order chi connectivity index (χ0) is 18.0. The van der Waals surface area contributed by atoms with Crippen LogP contribution in [-0.2, 0) is 0 Å². The van der Waals surface area contributed by atoms with Gasteiger partial charge in [0.05, 0.1) is 14.2 Å². The molecule has 0 aliphatic heterocycles. The molecule has 0 atom stereocenters. The van der Waals surface area contributed by atoms with Gasteiger partial charge in [0, 0.05) is 5.56 Å². The molecule has 2 heterocycles. The first-order valence-electron chi connectivity index (χ1n) is 7.91. The van der Waals surface area contributed by atoms with Gasteiger partial charge in [-0.25, -0.2) is 0 Å². The summed E-state index contributed by atoms with van der Waals surface area (Å²) >= 11 is 0. The Balaban J connectivity index is 2.24. The molecule has 0 saturated carbocycles. The summed E-state index contributed by atoms with van der Waals surface area (Å²) in [5.41, 5.74) is 1.22. The minimum atomic E-state index is -0.359. The third-order valence-corrected chi connectivity index (χ3v) is 4.12. The van der Waals surface area contributed by atoms with Crippen LogP contribution in [0.3, 0.4) is 0 Å². The van der Waals surface area contributed by atoms with Gasteiger partial charge in [0.15, 0.2) is 17.8 Å². The molecule has 0 radical (unpaired) electrons. The van der Waals surface area contributed by atoms with Crippen molar-refractivity contribution in [3.8, 4) is 11.5 Å². The smallest absolute Gasteiger partial charge is 0.161 e. The van der Waals surface area contributed by atoms with Crippen LogP contribution in [0.1, 0.15) is 44.9 Å². The molecule has 0 aliphatic rings. The van der Waals surface area contributed by atoms with Crippen LogP contribution >= 0.6 is 0 Å². The number of aldehydes is 1. The molecule has 1 aromatic carbocycles. The fraction of sp³-hybridized carbons (Fsp3) is 0.250. The number of hydrogen-bond acceptors (Lipinski definition) is 5. The third kappa shape index (κ3) is 3.18. The van der Waals surface area contributed by atoms with Gasteiger partial charge >= 0.3 is 0 Å². The average Bonchev–Trinajstić information content (AvgIpc) is 3.23. The lowest BCUT2D eigenvalue weighted by atomic mass is 9.90. The van der Waals surface area contributed by atoms with Gasteiger partial charge in [-0.05, 0) is 55.8 Å². The van der Waals surface area contributed by atoms with Crippen molar-refractivity contribution in [1.82, 2.24) is 0 Å². The molecule has 25 heavy (non-hydrogen) atoms. The highest BCUT2D eigenvalue weighted by Gasteiger charge is 2.27. The standard InChI is InChI=1S/C20H20O5/c1-12-5-7-16(24-12)20(17-8-6-13(2)25-17)15-10-19(23-4)18(22-3)9-14(15)11-21/h5-11,20H,1-4H3. The summed E-state index contributed by atoms with van der Waals surface area (Å²) in [6, 6.07) is 11.0. The molecule has 5 heteroatoms. The molecule has 0 aliphatic carbocycles. The second kappa shape index (κ2) is 6.89. The monoisotopic (exact) mass is 340 g/mol. The summed E-state index contributed by atoms with van der Waals surface area (Å²) in [7, 11) is 3.10. The maximum atomic E-state index is 11.7. The van der Waals surface area contributed by atoms with E-state index in [4.69, 9.17) is 18.3 Å². The van der Waals surface area contributed by atoms with Crippen molar-refractivity contribution in [2.45, 2.75) is 19.8 Å². The van der Waals surface area contributed by atoms with Crippen molar-refractivity contribution < 1.29 is 23.1 Å². The quantitative estimate of drug-likeness (QED) is 0.618. The Bertz CT molecular complexity index is 847. The lowest BCUT2D eigenvalue weighted by Crippen LogP contribution is -2.06. The lowest BCUT2D eigenvalue weighted by molar-refractivity contribution is 0.112. The molecule has 0 amide bonds. The van der Waals surface area contributed by atoms with Crippen LogP contribution in [0, 0.1) is 13.8 Å². The maximum Gasteiger partial charge on any atom is 0.161 e. The van der Waals surface area contributed by atoms with Crippen LogP contribution in [0.2, 0.25) is 0 Å². The number of aryl methyl sites for hydroxylation is 2. The van der Waals surface area contributed by atoms with Gasteiger partial charge in [-0.1, -0.05) is 0 Å². The van der Waals surface area contributed by atoms with Gasteiger partial charge in [0.1, 0.15) is 29.0 Å². The molecule has 0 spiro atoms. The van der Waals surface area contributed by atoms with Crippen molar-refractivity contribution in [1.29, 1.82) is 0 Å². The molecule has 0 bridgehead atoms. The summed E-state index contributed by atoms with van der Waals surface area (Å²) in [6.07, 6.45) is 0.801. The van der Waals surface area contributed by atoms with Crippen LogP contribution in [-0.4, -0.2) is 20.5 Å². The minimum Gasteiger partial charge on any atom is -0.493 e. The van der Waals surface area contributed by atoms with E-state index in [1.807, 2.05) is 38.1 Å². The topological polar surface area (TPSA) is 61.8 Å². The molecule has 2 aromatic heterocycles. The zero-order valence-electron chi connectivity index (χ0n) is 14.7. The van der Waals surface area contributed by atoms with Crippen LogP contribution < -0.4 is 9.47 Å². The Labute approximate surface area is 146 Å². The van der Waals surface area contributed by atoms with Gasteiger partial charge in [-0.2, -0.15) is 0 Å². The van der Waals surface area contributed by atoms with E-state index >= 15 is 0 Å². The Morgan fingerprint density at radius 3 is 1.80 bits per heavy atom. The van der Waals surface area contributed by atoms with E-state index in [0.717, 1.165) is 23.4 Å². The fourth-order valence-electron chi connectivity index (χ4n) is 2.93. The SMILES string of the molecule is COc1cc(C=O)c(C(c2ccc(C)o2)c2ccc(C)o2)cc1OC. The molecular formula is C20H20O5. The van der Waals surface area contributed by atoms with Crippen LogP contribution in [0.25, 0.3) is 0 Å². The Hall–Kier alpha value is -2.95. The summed E-state index contributed by atoms with van der Waals surface area (Å²) in [5, 5.41) is 0. The van der Waals surface area contributed by atoms with Gasteiger partial charge in [-0.3, -0.25) is 4.79 Å². The minimum absolute atomic E-state index is 0.359. The van der Waals surface area contributed by atoms with E-state index in [9.17, 15) is 4.79 Å². The molecule has 3 aromatic rings. The van der Waals surface area contributed by atoms with Crippen molar-refractivity contribution in [3.05, 3.63) is 70.6 Å². The van der Waals surface area contributed by atoms with Gasteiger partial charge in [0.2, 0.25) is 0 Å². The molecule has 3 rings (SSSR count). The Morgan fingerprint density at radius 1 is 0.880 bits per heavy atom. The van der Waals surface area contributed by atoms with Crippen LogP contribution in [0.15, 0.2) is 45.2 Å². The van der Waals surface area contributed by atoms with E-state index in [-0.39, 0.29) is 5.92 Å². The Morgan fingerprint density at radius 2 is 1.40 bits per heavy atom. The fourth-order valence-corrected chi connectivity index (χ4v) is 2.93. The number of ether oxygens (including phenoxy) is 2. The van der Waals surface area contributed by atoms with Crippen molar-refractivity contribution in [2.24, 2.45) is 0 Å². The largest absolute Gasteiger partial charge is 0.493 e. The predicted octanol–water partition coefficient (Wildman–Crippen LogP) is 4.50. The van der Waals surface area contributed by atoms with Gasteiger partial charge in [0.25, 0.3) is 0 Å². The van der Waals surface area contributed by atoms with Crippen LogP contribution in [0.4, 0.5) is 0 Å². The Kier molecular flexibility index (Phi) is 4.65. The van der Waals surface area contributed by atoms with Crippen molar-refractivity contribution in [2.75, 3.05) is 14.2 Å². The summed E-state index contributed by atoms with van der Waals surface area (Å²) < 4.78 is 22.4. The highest BCUT2D eigenvalue weighted by atomic mass is 16.5. The lowest BCUT2D eigenvalue weighted by Gasteiger charge is -2.18. The number of carbonyl (C=O) groups excluding carboxylic acids is 1. The van der Waals surface area contributed by atoms with E-state index in [1.165, 1.54) is 7.11 Å². The molecule has 0 saturated heterocycles. The van der Waals surface area contributed by atoms with Gasteiger partial charge < -0.3 is 18.3 Å². The number of carbonyl (C=O) groups is 1. The second-order valence-corrected chi connectivity index (χ2v) is 5.78. The van der Waals surface area contributed by atoms with Crippen molar-refractivity contribution in [3.63, 3.8) is 0 Å². The van der Waals surface area contributed by atoms with Crippen molar-refractivity contribution >= 4 is 6.29 Å². The summed E-state index contributed by atoms with van der Waals surface area (Å²) in [4.78, 5) is 11.7. The van der Waals surface area contributed by atoms with E-state index in [0.29, 0.717) is 28.6 Å². The number of rotatable bonds is 6. The highest BCUT2D eigenvalue weighted by molar-refractivity contribution is 5.80. The molecule has 0 N–H and O–H groups in total. The maximum absolute atomic E-state index is 11.7. The van der Waals surface area contributed by atoms with E-state index in [1.54, 1.807) is 19.2 Å². The number of methoxy groups -OCH3 is 2. The molecule has 0 unspecified atom stereocenters. The molecular weight excluding hydrogens is 320 g/mol. The second-order valence-electron chi connectivity index (χ2n) is 5.78. The molecule has 130 valence electrons. The first-order valence-corrected chi connectivity index (χ1v) is 7.91. The van der Waals surface area contributed by atoms with E-state index in [2.05, 4.69) is 0 Å². The first kappa shape index (κ1) is 16.9. The first-order chi connectivity index (χ1) is 12.1. The molecule has 5 nitrogen and oxygen atoms in total. The summed E-state index contributed by atoms with van der Waals surface area (Å²) in [5.74, 6) is 3.65. The normalized spacial score (nSPS) is 10.9. The zero-order valence-corrected chi connectivity index (χ0v) is 14.7.